The monoisotopic (exact) mass is 440 g/mol. The quantitative estimate of drug-likeness (QED) is 0.714. The Bertz CT molecular complexity index is 863. The third-order valence-corrected chi connectivity index (χ3v) is 6.85. The van der Waals surface area contributed by atoms with E-state index < -0.39 is 10.0 Å². The number of sulfonamides is 1. The van der Waals surface area contributed by atoms with E-state index in [2.05, 4.69) is 20.8 Å². The summed E-state index contributed by atoms with van der Waals surface area (Å²) >= 11 is 3.43. The molecule has 1 heterocycles. The molecule has 0 aliphatic carbocycles. The van der Waals surface area contributed by atoms with Crippen molar-refractivity contribution >= 4 is 31.6 Å². The van der Waals surface area contributed by atoms with E-state index in [0.29, 0.717) is 37.7 Å². The van der Waals surface area contributed by atoms with Crippen molar-refractivity contribution in [1.82, 2.24) is 4.31 Å². The van der Waals surface area contributed by atoms with Crippen molar-refractivity contribution in [3.05, 3.63) is 46.9 Å². The summed E-state index contributed by atoms with van der Waals surface area (Å²) in [6, 6.07) is 12.7. The van der Waals surface area contributed by atoms with Crippen LogP contribution in [0.2, 0.25) is 0 Å². The summed E-state index contributed by atoms with van der Waals surface area (Å²) in [6.45, 7) is 2.17. The number of nitrogens with zero attached hydrogens (tertiary/aromatic N) is 2. The molecule has 26 heavy (non-hydrogen) atoms. The van der Waals surface area contributed by atoms with E-state index in [1.807, 2.05) is 24.3 Å². The van der Waals surface area contributed by atoms with Crippen LogP contribution in [0.3, 0.4) is 0 Å². The molecule has 1 aliphatic rings. The molecule has 6 nitrogen and oxygen atoms in total. The Morgan fingerprint density at radius 2 is 1.50 bits per heavy atom. The largest absolute Gasteiger partial charge is 0.493 e. The van der Waals surface area contributed by atoms with Crippen molar-refractivity contribution in [1.29, 1.82) is 0 Å². The standard InChI is InChI=1S/C18H21BrN2O4S/c1-24-17-8-7-16(13-18(17)25-2)26(22,23)21-11-9-20(10-12-21)15-5-3-14(19)4-6-15/h3-8,13H,9-12H2,1-2H3. The van der Waals surface area contributed by atoms with Gasteiger partial charge in [-0.1, -0.05) is 15.9 Å². The molecular formula is C18H21BrN2O4S. The summed E-state index contributed by atoms with van der Waals surface area (Å²) in [6.07, 6.45) is 0. The summed E-state index contributed by atoms with van der Waals surface area (Å²) in [5.74, 6) is 0.911. The van der Waals surface area contributed by atoms with Gasteiger partial charge in [-0.05, 0) is 36.4 Å². The van der Waals surface area contributed by atoms with E-state index in [-0.39, 0.29) is 4.90 Å². The van der Waals surface area contributed by atoms with Crippen LogP contribution in [-0.2, 0) is 10.0 Å². The van der Waals surface area contributed by atoms with E-state index >= 15 is 0 Å². The van der Waals surface area contributed by atoms with Crippen LogP contribution >= 0.6 is 15.9 Å². The zero-order chi connectivity index (χ0) is 18.7. The predicted molar refractivity (Wildman–Crippen MR) is 105 cm³/mol. The van der Waals surface area contributed by atoms with Gasteiger partial charge in [-0.25, -0.2) is 8.42 Å². The Labute approximate surface area is 162 Å². The molecule has 0 bridgehead atoms. The Morgan fingerprint density at radius 1 is 0.885 bits per heavy atom. The van der Waals surface area contributed by atoms with Crippen LogP contribution in [0.1, 0.15) is 0 Å². The number of hydrogen-bond donors (Lipinski definition) is 0. The molecule has 140 valence electrons. The minimum atomic E-state index is -3.57. The molecule has 2 aromatic rings. The highest BCUT2D eigenvalue weighted by Crippen LogP contribution is 2.31. The summed E-state index contributed by atoms with van der Waals surface area (Å²) in [7, 11) is -0.556. The highest BCUT2D eigenvalue weighted by atomic mass is 79.9. The molecule has 1 saturated heterocycles. The minimum Gasteiger partial charge on any atom is -0.493 e. The van der Waals surface area contributed by atoms with Crippen LogP contribution in [0.4, 0.5) is 5.69 Å². The second kappa shape index (κ2) is 7.85. The van der Waals surface area contributed by atoms with Crippen molar-refractivity contribution in [3.8, 4) is 11.5 Å². The van der Waals surface area contributed by atoms with Gasteiger partial charge in [0.15, 0.2) is 11.5 Å². The third kappa shape index (κ3) is 3.82. The van der Waals surface area contributed by atoms with Crippen LogP contribution in [-0.4, -0.2) is 53.1 Å². The van der Waals surface area contributed by atoms with E-state index in [4.69, 9.17) is 9.47 Å². The van der Waals surface area contributed by atoms with E-state index in [1.165, 1.54) is 24.6 Å². The second-order valence-corrected chi connectivity index (χ2v) is 8.74. The van der Waals surface area contributed by atoms with Crippen molar-refractivity contribution < 1.29 is 17.9 Å². The zero-order valence-corrected chi connectivity index (χ0v) is 17.1. The number of hydrogen-bond acceptors (Lipinski definition) is 5. The fourth-order valence-corrected chi connectivity index (χ4v) is 4.67. The maximum absolute atomic E-state index is 12.9. The first-order valence-electron chi connectivity index (χ1n) is 8.18. The Hall–Kier alpha value is -1.77. The molecule has 3 rings (SSSR count). The lowest BCUT2D eigenvalue weighted by Gasteiger charge is -2.35. The summed E-state index contributed by atoms with van der Waals surface area (Å²) < 4.78 is 38.8. The molecule has 1 aliphatic heterocycles. The lowest BCUT2D eigenvalue weighted by atomic mass is 10.2. The molecular weight excluding hydrogens is 420 g/mol. The Balaban J connectivity index is 1.74. The Kier molecular flexibility index (Phi) is 5.74. The van der Waals surface area contributed by atoms with Crippen LogP contribution in [0, 0.1) is 0 Å². The SMILES string of the molecule is COc1ccc(S(=O)(=O)N2CCN(c3ccc(Br)cc3)CC2)cc1OC. The summed E-state index contributed by atoms with van der Waals surface area (Å²) in [5, 5.41) is 0. The molecule has 0 N–H and O–H groups in total. The molecule has 8 heteroatoms. The normalized spacial score (nSPS) is 15.7. The number of piperazine rings is 1. The predicted octanol–water partition coefficient (Wildman–Crippen LogP) is 2.98. The van der Waals surface area contributed by atoms with Gasteiger partial charge in [0.25, 0.3) is 0 Å². The molecule has 0 amide bonds. The third-order valence-electron chi connectivity index (χ3n) is 4.42. The molecule has 0 aromatic heterocycles. The van der Waals surface area contributed by atoms with Gasteiger partial charge < -0.3 is 14.4 Å². The van der Waals surface area contributed by atoms with Crippen molar-refractivity contribution in [2.24, 2.45) is 0 Å². The van der Waals surface area contributed by atoms with Crippen LogP contribution in [0.5, 0.6) is 11.5 Å². The second-order valence-electron chi connectivity index (χ2n) is 5.88. The minimum absolute atomic E-state index is 0.215. The average molecular weight is 441 g/mol. The first kappa shape index (κ1) is 19.0. The van der Waals surface area contributed by atoms with Gasteiger partial charge in [0.05, 0.1) is 19.1 Å². The van der Waals surface area contributed by atoms with Gasteiger partial charge in [0, 0.05) is 42.4 Å². The van der Waals surface area contributed by atoms with Gasteiger partial charge in [-0.15, -0.1) is 0 Å². The maximum atomic E-state index is 12.9. The lowest BCUT2D eigenvalue weighted by molar-refractivity contribution is 0.353. The Morgan fingerprint density at radius 3 is 2.08 bits per heavy atom. The molecule has 1 fully saturated rings. The van der Waals surface area contributed by atoms with Crippen LogP contribution in [0.15, 0.2) is 51.8 Å². The van der Waals surface area contributed by atoms with E-state index in [1.54, 1.807) is 12.1 Å². The molecule has 0 unspecified atom stereocenters. The summed E-state index contributed by atoms with van der Waals surface area (Å²) in [4.78, 5) is 2.40. The highest BCUT2D eigenvalue weighted by molar-refractivity contribution is 9.10. The van der Waals surface area contributed by atoms with Crippen molar-refractivity contribution in [2.45, 2.75) is 4.90 Å². The molecule has 0 atom stereocenters. The van der Waals surface area contributed by atoms with Crippen LogP contribution in [0.25, 0.3) is 0 Å². The molecule has 0 saturated carbocycles. The average Bonchev–Trinajstić information content (AvgIpc) is 2.68. The summed E-state index contributed by atoms with van der Waals surface area (Å²) in [5.41, 5.74) is 1.09. The number of anilines is 1. The van der Waals surface area contributed by atoms with Gasteiger partial charge in [0.2, 0.25) is 10.0 Å². The first-order chi connectivity index (χ1) is 12.5. The highest BCUT2D eigenvalue weighted by Gasteiger charge is 2.29. The van der Waals surface area contributed by atoms with Crippen molar-refractivity contribution in [2.75, 3.05) is 45.3 Å². The number of benzene rings is 2. The molecule has 0 radical (unpaired) electrons. The van der Waals surface area contributed by atoms with Gasteiger partial charge in [-0.2, -0.15) is 4.31 Å². The fraction of sp³-hybridized carbons (Fsp3) is 0.333. The number of halogens is 1. The van der Waals surface area contributed by atoms with Gasteiger partial charge in [0.1, 0.15) is 0 Å². The fourth-order valence-electron chi connectivity index (χ4n) is 2.96. The number of rotatable bonds is 5. The van der Waals surface area contributed by atoms with E-state index in [0.717, 1.165) is 10.2 Å². The van der Waals surface area contributed by atoms with Crippen molar-refractivity contribution in [3.63, 3.8) is 0 Å². The van der Waals surface area contributed by atoms with Crippen LogP contribution < -0.4 is 14.4 Å². The molecule has 0 spiro atoms. The van der Waals surface area contributed by atoms with E-state index in [9.17, 15) is 8.42 Å². The number of ether oxygens (including phenoxy) is 2. The van der Waals surface area contributed by atoms with Gasteiger partial charge >= 0.3 is 0 Å². The van der Waals surface area contributed by atoms with Gasteiger partial charge in [-0.3, -0.25) is 0 Å². The first-order valence-corrected chi connectivity index (χ1v) is 10.4. The topological polar surface area (TPSA) is 59.1 Å². The zero-order valence-electron chi connectivity index (χ0n) is 14.7. The lowest BCUT2D eigenvalue weighted by Crippen LogP contribution is -2.48. The maximum Gasteiger partial charge on any atom is 0.243 e. The number of methoxy groups -OCH3 is 2. The smallest absolute Gasteiger partial charge is 0.243 e. The molecule has 2 aromatic carbocycles.